The van der Waals surface area contributed by atoms with Crippen molar-refractivity contribution >= 4 is 37.3 Å². The molecule has 3 rings (SSSR count). The van der Waals surface area contributed by atoms with Crippen LogP contribution in [0.1, 0.15) is 41.9 Å². The predicted molar refractivity (Wildman–Crippen MR) is 143 cm³/mol. The summed E-state index contributed by atoms with van der Waals surface area (Å²) in [5.41, 5.74) is 5.77. The molecule has 1 aliphatic rings. The first-order chi connectivity index (χ1) is 13.3. The van der Waals surface area contributed by atoms with Gasteiger partial charge in [0.05, 0.1) is 0 Å². The van der Waals surface area contributed by atoms with E-state index in [0.29, 0.717) is 3.63 Å². The summed E-state index contributed by atoms with van der Waals surface area (Å²) in [4.78, 5) is 0. The normalized spacial score (nSPS) is 14.3. The summed E-state index contributed by atoms with van der Waals surface area (Å²) in [6.07, 6.45) is 1.08. The van der Waals surface area contributed by atoms with Gasteiger partial charge in [-0.3, -0.25) is 0 Å². The van der Waals surface area contributed by atoms with Crippen LogP contribution in [0.15, 0.2) is 48.5 Å². The molecule has 2 nitrogen and oxygen atoms in total. The molecule has 2 aromatic rings. The van der Waals surface area contributed by atoms with Crippen LogP contribution in [-0.2, 0) is 23.0 Å². The molecule has 0 heterocycles. The SMILES string of the molecule is Cl.Cl.[CH2]=[Zr]([CH3])([CH2]CCO[Si](C)(C)C)([NH]C(C)(C)C)[CH]1c2ccccc2-c2ccccc21. The number of nitrogens with one attached hydrogen (secondary N) is 1. The Hall–Kier alpha value is -0.0900. The Kier molecular flexibility index (Phi) is 9.37. The first-order valence-corrected chi connectivity index (χ1v) is 23.0. The zero-order valence-electron chi connectivity index (χ0n) is 20.2. The van der Waals surface area contributed by atoms with E-state index in [0.717, 1.165) is 17.2 Å². The standard InChI is InChI=1S/C13H9.C6H15OSi.C4H10N.CH3.CH2.2ClH.Zr/c1-3-7-12-10(5-1)9-11-6-2-4-8-13(11)12;1-5-6-7-8(2,3)4;1-4(2,3)5;;;;;/h1-9H;1,5-6H2,2-4H3;5H,1-3H3;1H3;1H2;2*1H;/q;;-1;;;;;+1. The van der Waals surface area contributed by atoms with E-state index in [1.54, 1.807) is 0 Å². The van der Waals surface area contributed by atoms with Crippen LogP contribution in [0.5, 0.6) is 0 Å². The summed E-state index contributed by atoms with van der Waals surface area (Å²) < 4.78 is 19.6. The molecule has 0 atom stereocenters. The van der Waals surface area contributed by atoms with E-state index in [9.17, 15) is 0 Å². The molecule has 174 valence electrons. The van der Waals surface area contributed by atoms with Crippen LogP contribution in [-0.4, -0.2) is 24.7 Å². The second kappa shape index (κ2) is 10.0. The van der Waals surface area contributed by atoms with E-state index >= 15 is 0 Å². The van der Waals surface area contributed by atoms with Gasteiger partial charge in [0.15, 0.2) is 0 Å². The van der Waals surface area contributed by atoms with Gasteiger partial charge in [0.25, 0.3) is 0 Å². The van der Waals surface area contributed by atoms with Crippen LogP contribution in [0, 0.1) is 0 Å². The zero-order valence-corrected chi connectivity index (χ0v) is 25.3. The molecule has 2 aromatic carbocycles. The third kappa shape index (κ3) is 6.71. The number of rotatable bonds is 7. The van der Waals surface area contributed by atoms with Crippen molar-refractivity contribution in [2.45, 2.75) is 64.8 Å². The van der Waals surface area contributed by atoms with Gasteiger partial charge in [-0.2, -0.15) is 0 Å². The van der Waals surface area contributed by atoms with Crippen LogP contribution >= 0.6 is 24.8 Å². The molecule has 0 saturated heterocycles. The average molecular weight is 562 g/mol. The minimum absolute atomic E-state index is 0. The Bertz CT molecular complexity index is 919. The van der Waals surface area contributed by atoms with Gasteiger partial charge in [-0.05, 0) is 0 Å². The van der Waals surface area contributed by atoms with E-state index in [1.165, 1.54) is 22.3 Å². The van der Waals surface area contributed by atoms with Crippen molar-refractivity contribution in [2.24, 2.45) is 0 Å². The molecule has 6 heteroatoms. The Balaban J connectivity index is 0.00000240. The predicted octanol–water partition coefficient (Wildman–Crippen LogP) is 7.73. The molecule has 0 amide bonds. The molecule has 1 N–H and O–H groups in total. The molecule has 31 heavy (non-hydrogen) atoms. The summed E-state index contributed by atoms with van der Waals surface area (Å²) in [6.45, 7) is 14.5. The number of hydrogen-bond acceptors (Lipinski definition) is 2. The van der Waals surface area contributed by atoms with Crippen molar-refractivity contribution in [3.05, 3.63) is 59.7 Å². The van der Waals surface area contributed by atoms with E-state index in [-0.39, 0.29) is 30.4 Å². The van der Waals surface area contributed by atoms with Crippen molar-refractivity contribution in [3.8, 4) is 11.1 Å². The summed E-state index contributed by atoms with van der Waals surface area (Å²) >= 11 is -3.74. The first kappa shape index (κ1) is 28.9. The van der Waals surface area contributed by atoms with Crippen molar-refractivity contribution in [3.63, 3.8) is 0 Å². The van der Waals surface area contributed by atoms with Crippen LogP contribution < -0.4 is 3.26 Å². The van der Waals surface area contributed by atoms with Gasteiger partial charge in [-0.15, -0.1) is 24.8 Å². The molecule has 1 aliphatic carbocycles. The Labute approximate surface area is 204 Å². The van der Waals surface area contributed by atoms with Gasteiger partial charge in [0, 0.05) is 0 Å². The maximum absolute atomic E-state index is 6.22. The minimum atomic E-state index is -3.74. The number of benzene rings is 2. The third-order valence-electron chi connectivity index (χ3n) is 5.98. The van der Waals surface area contributed by atoms with Gasteiger partial charge < -0.3 is 0 Å². The molecular weight excluding hydrogens is 520 g/mol. The molecular formula is C25H41Cl2NOSiZr. The van der Waals surface area contributed by atoms with Gasteiger partial charge in [-0.25, -0.2) is 0 Å². The third-order valence-corrected chi connectivity index (χ3v) is 20.7. The van der Waals surface area contributed by atoms with Crippen LogP contribution in [0.25, 0.3) is 11.1 Å². The molecule has 0 aromatic heterocycles. The van der Waals surface area contributed by atoms with E-state index < -0.39 is 26.9 Å². The summed E-state index contributed by atoms with van der Waals surface area (Å²) in [6, 6.07) is 18.0. The molecule has 0 spiro atoms. The second-order valence-electron chi connectivity index (χ2n) is 11.4. The van der Waals surface area contributed by atoms with Crippen LogP contribution in [0.3, 0.4) is 0 Å². The fourth-order valence-electron chi connectivity index (χ4n) is 5.41. The van der Waals surface area contributed by atoms with Crippen molar-refractivity contribution in [1.82, 2.24) is 3.26 Å². The van der Waals surface area contributed by atoms with E-state index in [2.05, 4.69) is 96.8 Å². The van der Waals surface area contributed by atoms with Gasteiger partial charge >= 0.3 is 181 Å². The van der Waals surface area contributed by atoms with Crippen molar-refractivity contribution in [2.75, 3.05) is 6.61 Å². The van der Waals surface area contributed by atoms with E-state index in [4.69, 9.17) is 8.64 Å². The van der Waals surface area contributed by atoms with Crippen molar-refractivity contribution in [1.29, 1.82) is 0 Å². The molecule has 0 radical (unpaired) electrons. The molecule has 0 unspecified atom stereocenters. The summed E-state index contributed by atoms with van der Waals surface area (Å²) in [5, 5.41) is 0. The van der Waals surface area contributed by atoms with Crippen molar-refractivity contribution < 1.29 is 23.0 Å². The van der Waals surface area contributed by atoms with Crippen LogP contribution in [0.2, 0.25) is 28.4 Å². The molecule has 0 fully saturated rings. The molecule has 0 saturated carbocycles. The summed E-state index contributed by atoms with van der Waals surface area (Å²) in [7, 11) is -1.49. The van der Waals surface area contributed by atoms with Gasteiger partial charge in [0.2, 0.25) is 0 Å². The number of halogens is 2. The monoisotopic (exact) mass is 559 g/mol. The fourth-order valence-corrected chi connectivity index (χ4v) is 21.5. The molecule has 0 aliphatic heterocycles. The quantitative estimate of drug-likeness (QED) is 0.276. The summed E-state index contributed by atoms with van der Waals surface area (Å²) in [5.74, 6) is 0. The second-order valence-corrected chi connectivity index (χ2v) is 31.0. The molecule has 0 bridgehead atoms. The Morgan fingerprint density at radius 3 is 1.81 bits per heavy atom. The van der Waals surface area contributed by atoms with Gasteiger partial charge in [0.1, 0.15) is 0 Å². The number of fused-ring (bicyclic) bond motifs is 3. The van der Waals surface area contributed by atoms with Gasteiger partial charge in [-0.1, -0.05) is 0 Å². The Morgan fingerprint density at radius 2 is 1.39 bits per heavy atom. The maximum atomic E-state index is 6.22. The fraction of sp³-hybridized carbons (Fsp3) is 0.480. The zero-order chi connectivity index (χ0) is 21.5. The number of hydrogen-bond donors (Lipinski definition) is 1. The van der Waals surface area contributed by atoms with Crippen LogP contribution in [0.4, 0.5) is 0 Å². The van der Waals surface area contributed by atoms with E-state index in [1.807, 2.05) is 0 Å². The first-order valence-electron chi connectivity index (χ1n) is 11.0. The topological polar surface area (TPSA) is 21.3 Å². The Morgan fingerprint density at radius 1 is 0.935 bits per heavy atom. The average Bonchev–Trinajstić information content (AvgIpc) is 2.92.